The van der Waals surface area contributed by atoms with Crippen molar-refractivity contribution in [1.82, 2.24) is 5.06 Å². The zero-order valence-corrected chi connectivity index (χ0v) is 8.17. The molecule has 0 radical (unpaired) electrons. The van der Waals surface area contributed by atoms with Crippen LogP contribution in [0.4, 0.5) is 0 Å². The first-order chi connectivity index (χ1) is 5.17. The van der Waals surface area contributed by atoms with Gasteiger partial charge < -0.3 is 5.21 Å². The summed E-state index contributed by atoms with van der Waals surface area (Å²) in [5.41, 5.74) is 0. The zero-order chi connectivity index (χ0) is 8.85. The van der Waals surface area contributed by atoms with Gasteiger partial charge in [0.1, 0.15) is 0 Å². The summed E-state index contributed by atoms with van der Waals surface area (Å²) in [4.78, 5) is 0. The second-order valence-corrected chi connectivity index (χ2v) is 3.13. The van der Waals surface area contributed by atoms with Crippen molar-refractivity contribution in [3.8, 4) is 0 Å². The average Bonchev–Trinajstić information content (AvgIpc) is 1.99. The quantitative estimate of drug-likeness (QED) is 0.623. The van der Waals surface area contributed by atoms with Crippen molar-refractivity contribution < 1.29 is 5.21 Å². The molecule has 0 bridgehead atoms. The standard InChI is InChI=1S/C9H21NO/c1-5-8(6-2)9(7-3)10(4)11/h8-9,11H,5-7H2,1-4H3. The summed E-state index contributed by atoms with van der Waals surface area (Å²) < 4.78 is 0. The average molecular weight is 159 g/mol. The topological polar surface area (TPSA) is 23.5 Å². The van der Waals surface area contributed by atoms with Gasteiger partial charge in [-0.05, 0) is 12.3 Å². The second kappa shape index (κ2) is 5.56. The Hall–Kier alpha value is -0.0800. The minimum Gasteiger partial charge on any atom is -0.314 e. The number of hydrogen-bond acceptors (Lipinski definition) is 2. The van der Waals surface area contributed by atoms with Gasteiger partial charge in [0.15, 0.2) is 0 Å². The van der Waals surface area contributed by atoms with Gasteiger partial charge in [-0.15, -0.1) is 0 Å². The zero-order valence-electron chi connectivity index (χ0n) is 8.17. The van der Waals surface area contributed by atoms with Crippen LogP contribution in [0, 0.1) is 5.92 Å². The van der Waals surface area contributed by atoms with Crippen LogP contribution in [0.3, 0.4) is 0 Å². The van der Waals surface area contributed by atoms with Crippen LogP contribution < -0.4 is 0 Å². The van der Waals surface area contributed by atoms with Crippen molar-refractivity contribution in [1.29, 1.82) is 0 Å². The van der Waals surface area contributed by atoms with E-state index in [4.69, 9.17) is 0 Å². The van der Waals surface area contributed by atoms with Crippen molar-refractivity contribution in [2.45, 2.75) is 46.1 Å². The Morgan fingerprint density at radius 1 is 1.09 bits per heavy atom. The van der Waals surface area contributed by atoms with E-state index in [1.807, 2.05) is 0 Å². The van der Waals surface area contributed by atoms with Crippen LogP contribution in [0.15, 0.2) is 0 Å². The van der Waals surface area contributed by atoms with E-state index in [0.29, 0.717) is 12.0 Å². The molecule has 0 aliphatic carbocycles. The number of hydroxylamine groups is 2. The summed E-state index contributed by atoms with van der Waals surface area (Å²) in [7, 11) is 1.74. The molecule has 1 N–H and O–H groups in total. The van der Waals surface area contributed by atoms with E-state index in [2.05, 4.69) is 20.8 Å². The van der Waals surface area contributed by atoms with Gasteiger partial charge >= 0.3 is 0 Å². The highest BCUT2D eigenvalue weighted by Gasteiger charge is 2.19. The lowest BCUT2D eigenvalue weighted by molar-refractivity contribution is -0.120. The molecular weight excluding hydrogens is 138 g/mol. The highest BCUT2D eigenvalue weighted by Crippen LogP contribution is 2.18. The highest BCUT2D eigenvalue weighted by molar-refractivity contribution is 4.70. The Morgan fingerprint density at radius 3 is 1.64 bits per heavy atom. The third kappa shape index (κ3) is 3.21. The Balaban J connectivity index is 3.98. The third-order valence-electron chi connectivity index (χ3n) is 2.49. The molecule has 0 aromatic carbocycles. The molecule has 2 heteroatoms. The molecule has 0 aromatic heterocycles. The van der Waals surface area contributed by atoms with E-state index in [1.165, 1.54) is 5.06 Å². The molecule has 1 unspecified atom stereocenters. The molecule has 0 spiro atoms. The first-order valence-electron chi connectivity index (χ1n) is 4.58. The third-order valence-corrected chi connectivity index (χ3v) is 2.49. The van der Waals surface area contributed by atoms with Crippen molar-refractivity contribution in [2.24, 2.45) is 5.92 Å². The maximum Gasteiger partial charge on any atom is 0.0372 e. The van der Waals surface area contributed by atoms with Crippen molar-refractivity contribution >= 4 is 0 Å². The molecule has 0 aliphatic rings. The fraction of sp³-hybridized carbons (Fsp3) is 1.00. The van der Waals surface area contributed by atoms with Crippen molar-refractivity contribution in [3.05, 3.63) is 0 Å². The molecule has 0 aliphatic heterocycles. The van der Waals surface area contributed by atoms with Crippen LogP contribution in [0.5, 0.6) is 0 Å². The van der Waals surface area contributed by atoms with Crippen molar-refractivity contribution in [2.75, 3.05) is 7.05 Å². The van der Waals surface area contributed by atoms with E-state index in [0.717, 1.165) is 19.3 Å². The summed E-state index contributed by atoms with van der Waals surface area (Å²) in [5, 5.41) is 10.6. The van der Waals surface area contributed by atoms with Gasteiger partial charge in [0.05, 0.1) is 0 Å². The van der Waals surface area contributed by atoms with Gasteiger partial charge in [-0.3, -0.25) is 0 Å². The molecule has 0 fully saturated rings. The first-order valence-corrected chi connectivity index (χ1v) is 4.58. The van der Waals surface area contributed by atoms with Gasteiger partial charge in [0.25, 0.3) is 0 Å². The molecular formula is C9H21NO. The predicted octanol–water partition coefficient (Wildman–Crippen LogP) is 2.52. The lowest BCUT2D eigenvalue weighted by Crippen LogP contribution is -2.34. The minimum atomic E-state index is 0.338. The van der Waals surface area contributed by atoms with E-state index < -0.39 is 0 Å². The SMILES string of the molecule is CCC(CC)C(CC)N(C)O. The largest absolute Gasteiger partial charge is 0.314 e. The van der Waals surface area contributed by atoms with Gasteiger partial charge in [-0.2, -0.15) is 5.06 Å². The molecule has 68 valence electrons. The summed E-state index contributed by atoms with van der Waals surface area (Å²) in [6.45, 7) is 6.48. The van der Waals surface area contributed by atoms with E-state index in [9.17, 15) is 5.21 Å². The first kappa shape index (κ1) is 10.9. The lowest BCUT2D eigenvalue weighted by atomic mass is 9.92. The molecule has 0 aromatic rings. The maximum atomic E-state index is 9.28. The summed E-state index contributed by atoms with van der Waals surface area (Å²) >= 11 is 0. The van der Waals surface area contributed by atoms with Gasteiger partial charge in [-0.1, -0.05) is 33.6 Å². The smallest absolute Gasteiger partial charge is 0.0372 e. The number of nitrogens with zero attached hydrogens (tertiary/aromatic N) is 1. The molecule has 1 atom stereocenters. The Bertz CT molecular complexity index is 89.6. The van der Waals surface area contributed by atoms with Crippen LogP contribution in [0.1, 0.15) is 40.0 Å². The van der Waals surface area contributed by atoms with E-state index >= 15 is 0 Å². The maximum absolute atomic E-state index is 9.28. The molecule has 2 nitrogen and oxygen atoms in total. The van der Waals surface area contributed by atoms with Gasteiger partial charge in [0, 0.05) is 13.1 Å². The molecule has 0 amide bonds. The fourth-order valence-electron chi connectivity index (χ4n) is 1.74. The van der Waals surface area contributed by atoms with Crippen LogP contribution in [-0.2, 0) is 0 Å². The lowest BCUT2D eigenvalue weighted by Gasteiger charge is -2.28. The Kier molecular flexibility index (Phi) is 5.51. The molecule has 0 saturated carbocycles. The highest BCUT2D eigenvalue weighted by atomic mass is 16.5. The van der Waals surface area contributed by atoms with Crippen LogP contribution >= 0.6 is 0 Å². The normalized spacial score (nSPS) is 14.5. The van der Waals surface area contributed by atoms with E-state index in [1.54, 1.807) is 7.05 Å². The summed E-state index contributed by atoms with van der Waals surface area (Å²) in [5.74, 6) is 0.634. The molecule has 0 saturated heterocycles. The summed E-state index contributed by atoms with van der Waals surface area (Å²) in [6.07, 6.45) is 3.33. The van der Waals surface area contributed by atoms with E-state index in [-0.39, 0.29) is 0 Å². The monoisotopic (exact) mass is 159 g/mol. The van der Waals surface area contributed by atoms with Crippen LogP contribution in [-0.4, -0.2) is 23.4 Å². The van der Waals surface area contributed by atoms with Crippen LogP contribution in [0.25, 0.3) is 0 Å². The molecule has 0 heterocycles. The molecule has 11 heavy (non-hydrogen) atoms. The van der Waals surface area contributed by atoms with Crippen LogP contribution in [0.2, 0.25) is 0 Å². The van der Waals surface area contributed by atoms with Gasteiger partial charge in [-0.25, -0.2) is 0 Å². The second-order valence-electron chi connectivity index (χ2n) is 3.13. The predicted molar refractivity (Wildman–Crippen MR) is 47.7 cm³/mol. The Labute approximate surface area is 70.2 Å². The van der Waals surface area contributed by atoms with Crippen molar-refractivity contribution in [3.63, 3.8) is 0 Å². The number of hydrogen-bond donors (Lipinski definition) is 1. The molecule has 0 rings (SSSR count). The van der Waals surface area contributed by atoms with Gasteiger partial charge in [0.2, 0.25) is 0 Å². The fourth-order valence-corrected chi connectivity index (χ4v) is 1.74. The Morgan fingerprint density at radius 2 is 1.55 bits per heavy atom. The summed E-state index contributed by atoms with van der Waals surface area (Å²) in [6, 6.07) is 0.338. The minimum absolute atomic E-state index is 0.338. The number of rotatable bonds is 5.